The van der Waals surface area contributed by atoms with Gasteiger partial charge >= 0.3 is 5.97 Å². The number of hydrogen-bond acceptors (Lipinski definition) is 4. The lowest BCUT2D eigenvalue weighted by molar-refractivity contribution is -0.144. The van der Waals surface area contributed by atoms with Crippen LogP contribution in [0.3, 0.4) is 0 Å². The highest BCUT2D eigenvalue weighted by Gasteiger charge is 2.25. The Morgan fingerprint density at radius 1 is 1.53 bits per heavy atom. The lowest BCUT2D eigenvalue weighted by atomic mass is 10.0. The zero-order chi connectivity index (χ0) is 10.6. The zero-order valence-electron chi connectivity index (χ0n) is 8.91. The van der Waals surface area contributed by atoms with Gasteiger partial charge in [0.25, 0.3) is 0 Å². The minimum Gasteiger partial charge on any atom is -0.469 e. The van der Waals surface area contributed by atoms with Crippen LogP contribution < -0.4 is 10.6 Å². The fourth-order valence-electron chi connectivity index (χ4n) is 1.16. The normalized spacial score (nSPS) is 16.9. The second kappa shape index (κ2) is 6.63. The predicted octanol–water partition coefficient (Wildman–Crippen LogP) is -0.447. The molecule has 1 amide bonds. The number of esters is 1. The quantitative estimate of drug-likeness (QED) is 0.649. The third-order valence-corrected chi connectivity index (χ3v) is 2.34. The van der Waals surface area contributed by atoms with Gasteiger partial charge in [0.05, 0.1) is 18.9 Å². The van der Waals surface area contributed by atoms with Crippen LogP contribution in [0.25, 0.3) is 0 Å². The van der Waals surface area contributed by atoms with Crippen LogP contribution in [0.1, 0.15) is 6.92 Å². The molecule has 6 heteroatoms. The first-order valence-electron chi connectivity index (χ1n) is 4.71. The molecule has 15 heavy (non-hydrogen) atoms. The Balaban J connectivity index is 0.00000196. The van der Waals surface area contributed by atoms with Crippen LogP contribution in [-0.4, -0.2) is 38.6 Å². The molecule has 0 aromatic rings. The Morgan fingerprint density at radius 3 is 2.53 bits per heavy atom. The van der Waals surface area contributed by atoms with Crippen molar-refractivity contribution in [3.8, 4) is 0 Å². The summed E-state index contributed by atoms with van der Waals surface area (Å²) in [5, 5.41) is 5.73. The molecule has 0 saturated carbocycles. The Labute approximate surface area is 95.3 Å². The summed E-state index contributed by atoms with van der Waals surface area (Å²) in [4.78, 5) is 22.3. The van der Waals surface area contributed by atoms with E-state index in [-0.39, 0.29) is 36.1 Å². The summed E-state index contributed by atoms with van der Waals surface area (Å²) < 4.78 is 4.54. The number of nitrogens with one attached hydrogen (secondary N) is 2. The van der Waals surface area contributed by atoms with Crippen molar-refractivity contribution in [3.63, 3.8) is 0 Å². The van der Waals surface area contributed by atoms with Gasteiger partial charge in [0.1, 0.15) is 0 Å². The van der Waals surface area contributed by atoms with Crippen LogP contribution in [0.15, 0.2) is 0 Å². The number of ether oxygens (including phenoxy) is 1. The Kier molecular flexibility index (Phi) is 6.27. The van der Waals surface area contributed by atoms with Crippen molar-refractivity contribution in [2.45, 2.75) is 6.92 Å². The highest BCUT2D eigenvalue weighted by molar-refractivity contribution is 5.85. The van der Waals surface area contributed by atoms with E-state index in [1.165, 1.54) is 7.11 Å². The molecule has 5 nitrogen and oxygen atoms in total. The van der Waals surface area contributed by atoms with Gasteiger partial charge in [-0.25, -0.2) is 0 Å². The van der Waals surface area contributed by atoms with E-state index in [4.69, 9.17) is 0 Å². The van der Waals surface area contributed by atoms with Crippen LogP contribution in [0, 0.1) is 11.8 Å². The molecule has 1 saturated heterocycles. The molecule has 1 atom stereocenters. The molecule has 1 aliphatic rings. The Bertz CT molecular complexity index is 231. The summed E-state index contributed by atoms with van der Waals surface area (Å²) in [6.45, 7) is 3.55. The third kappa shape index (κ3) is 4.05. The van der Waals surface area contributed by atoms with Gasteiger partial charge in [0.15, 0.2) is 0 Å². The number of hydrogen-bond donors (Lipinski definition) is 2. The Hall–Kier alpha value is -0.810. The molecule has 0 aliphatic carbocycles. The van der Waals surface area contributed by atoms with Crippen molar-refractivity contribution < 1.29 is 14.3 Å². The molecule has 0 spiro atoms. The van der Waals surface area contributed by atoms with Gasteiger partial charge in [-0.1, -0.05) is 6.92 Å². The van der Waals surface area contributed by atoms with Crippen LogP contribution in [0.2, 0.25) is 0 Å². The zero-order valence-corrected chi connectivity index (χ0v) is 9.73. The van der Waals surface area contributed by atoms with Crippen molar-refractivity contribution in [1.29, 1.82) is 0 Å². The van der Waals surface area contributed by atoms with E-state index in [1.54, 1.807) is 6.92 Å². The van der Waals surface area contributed by atoms with Gasteiger partial charge in [0, 0.05) is 19.6 Å². The lowest BCUT2D eigenvalue weighted by Gasteiger charge is -2.26. The maximum atomic E-state index is 11.3. The molecule has 1 fully saturated rings. The molecular weight excluding hydrogens is 220 g/mol. The molecule has 0 aromatic heterocycles. The standard InChI is InChI=1S/C9H16N2O3.ClH/c1-6(9(13)14-2)3-11-8(12)7-4-10-5-7;/h6-7,10H,3-5H2,1-2H3,(H,11,12);1H. The first-order chi connectivity index (χ1) is 6.65. The fraction of sp³-hybridized carbons (Fsp3) is 0.778. The first kappa shape index (κ1) is 14.2. The average Bonchev–Trinajstić information content (AvgIpc) is 2.10. The average molecular weight is 237 g/mol. The summed E-state index contributed by atoms with van der Waals surface area (Å²) in [5.74, 6) is -0.492. The monoisotopic (exact) mass is 236 g/mol. The first-order valence-corrected chi connectivity index (χ1v) is 4.71. The smallest absolute Gasteiger partial charge is 0.310 e. The largest absolute Gasteiger partial charge is 0.469 e. The second-order valence-electron chi connectivity index (χ2n) is 3.52. The fourth-order valence-corrected chi connectivity index (χ4v) is 1.16. The molecule has 0 aromatic carbocycles. The molecule has 1 aliphatic heterocycles. The number of rotatable bonds is 4. The maximum absolute atomic E-state index is 11.3. The number of amides is 1. The van der Waals surface area contributed by atoms with Crippen molar-refractivity contribution in [2.75, 3.05) is 26.7 Å². The molecular formula is C9H17ClN2O3. The van der Waals surface area contributed by atoms with Crippen molar-refractivity contribution in [3.05, 3.63) is 0 Å². The molecule has 2 N–H and O–H groups in total. The number of carbonyl (C=O) groups is 2. The molecule has 88 valence electrons. The van der Waals surface area contributed by atoms with Crippen molar-refractivity contribution >= 4 is 24.3 Å². The van der Waals surface area contributed by atoms with Gasteiger partial charge in [-0.3, -0.25) is 9.59 Å². The van der Waals surface area contributed by atoms with E-state index in [1.807, 2.05) is 0 Å². The SMILES string of the molecule is COC(=O)C(C)CNC(=O)C1CNC1.Cl. The molecule has 1 rings (SSSR count). The molecule has 1 unspecified atom stereocenters. The predicted molar refractivity (Wildman–Crippen MR) is 57.8 cm³/mol. The van der Waals surface area contributed by atoms with E-state index in [9.17, 15) is 9.59 Å². The van der Waals surface area contributed by atoms with E-state index >= 15 is 0 Å². The van der Waals surface area contributed by atoms with Gasteiger partial charge < -0.3 is 15.4 Å². The molecule has 0 bridgehead atoms. The minimum atomic E-state index is -0.294. The van der Waals surface area contributed by atoms with Crippen LogP contribution in [0.4, 0.5) is 0 Å². The van der Waals surface area contributed by atoms with E-state index in [0.717, 1.165) is 13.1 Å². The van der Waals surface area contributed by atoms with Gasteiger partial charge in [0.2, 0.25) is 5.91 Å². The third-order valence-electron chi connectivity index (χ3n) is 2.34. The van der Waals surface area contributed by atoms with Gasteiger partial charge in [-0.2, -0.15) is 0 Å². The highest BCUT2D eigenvalue weighted by atomic mass is 35.5. The summed E-state index contributed by atoms with van der Waals surface area (Å²) in [5.41, 5.74) is 0. The number of carbonyl (C=O) groups excluding carboxylic acids is 2. The highest BCUT2D eigenvalue weighted by Crippen LogP contribution is 2.03. The summed E-state index contributed by atoms with van der Waals surface area (Å²) in [6.07, 6.45) is 0. The lowest BCUT2D eigenvalue weighted by Crippen LogP contribution is -2.51. The molecule has 1 heterocycles. The summed E-state index contributed by atoms with van der Waals surface area (Å²) in [6, 6.07) is 0. The van der Waals surface area contributed by atoms with Crippen LogP contribution in [0.5, 0.6) is 0 Å². The van der Waals surface area contributed by atoms with E-state index in [2.05, 4.69) is 15.4 Å². The minimum absolute atomic E-state index is 0. The van der Waals surface area contributed by atoms with Crippen LogP contribution >= 0.6 is 12.4 Å². The topological polar surface area (TPSA) is 67.4 Å². The van der Waals surface area contributed by atoms with Crippen molar-refractivity contribution in [2.24, 2.45) is 11.8 Å². The number of methoxy groups -OCH3 is 1. The Morgan fingerprint density at radius 2 is 2.13 bits per heavy atom. The van der Waals surface area contributed by atoms with E-state index < -0.39 is 0 Å². The van der Waals surface area contributed by atoms with Crippen molar-refractivity contribution in [1.82, 2.24) is 10.6 Å². The van der Waals surface area contributed by atoms with Gasteiger partial charge in [-0.15, -0.1) is 12.4 Å². The van der Waals surface area contributed by atoms with E-state index in [0.29, 0.717) is 6.54 Å². The molecule has 0 radical (unpaired) electrons. The van der Waals surface area contributed by atoms with Gasteiger partial charge in [-0.05, 0) is 0 Å². The summed E-state index contributed by atoms with van der Waals surface area (Å²) >= 11 is 0. The maximum Gasteiger partial charge on any atom is 0.310 e. The summed E-state index contributed by atoms with van der Waals surface area (Å²) in [7, 11) is 1.34. The van der Waals surface area contributed by atoms with Crippen LogP contribution in [-0.2, 0) is 14.3 Å². The second-order valence-corrected chi connectivity index (χ2v) is 3.52. The number of halogens is 1.